The van der Waals surface area contributed by atoms with Crippen molar-refractivity contribution in [1.29, 1.82) is 0 Å². The van der Waals surface area contributed by atoms with Gasteiger partial charge in [-0.25, -0.2) is 4.98 Å². The normalized spacial score (nSPS) is 10.9. The Morgan fingerprint density at radius 3 is 2.71 bits per heavy atom. The largest absolute Gasteiger partial charge is 0.338 e. The molecule has 3 aromatic rings. The van der Waals surface area contributed by atoms with Crippen molar-refractivity contribution in [3.8, 4) is 0 Å². The molecule has 0 saturated heterocycles. The molecule has 0 aliphatic rings. The molecule has 1 heterocycles. The number of imidazole rings is 1. The first-order valence-electron chi connectivity index (χ1n) is 5.77. The van der Waals surface area contributed by atoms with Crippen LogP contribution >= 0.6 is 0 Å². The van der Waals surface area contributed by atoms with Crippen LogP contribution in [0.3, 0.4) is 0 Å². The average Bonchev–Trinajstić information content (AvgIpc) is 2.76. The maximum atomic E-state index is 4.38. The van der Waals surface area contributed by atoms with Gasteiger partial charge in [0.05, 0.1) is 0 Å². The Morgan fingerprint density at radius 2 is 1.88 bits per heavy atom. The molecule has 0 unspecified atom stereocenters. The van der Waals surface area contributed by atoms with Crippen molar-refractivity contribution >= 4 is 10.8 Å². The van der Waals surface area contributed by atoms with Crippen LogP contribution in [0.1, 0.15) is 11.4 Å². The van der Waals surface area contributed by atoms with Crippen LogP contribution in [-0.2, 0) is 13.5 Å². The third-order valence-electron chi connectivity index (χ3n) is 3.15. The fourth-order valence-corrected chi connectivity index (χ4v) is 2.18. The summed E-state index contributed by atoms with van der Waals surface area (Å²) in [4.78, 5) is 4.38. The second kappa shape index (κ2) is 4.06. The van der Waals surface area contributed by atoms with Crippen LogP contribution in [0.25, 0.3) is 10.8 Å². The van der Waals surface area contributed by atoms with E-state index >= 15 is 0 Å². The van der Waals surface area contributed by atoms with Gasteiger partial charge in [0, 0.05) is 25.9 Å². The highest BCUT2D eigenvalue weighted by atomic mass is 15.0. The van der Waals surface area contributed by atoms with Crippen LogP contribution in [0.15, 0.2) is 54.9 Å². The molecule has 0 fully saturated rings. The Bertz CT molecular complexity index is 647. The fourth-order valence-electron chi connectivity index (χ4n) is 2.18. The van der Waals surface area contributed by atoms with Crippen LogP contribution in [-0.4, -0.2) is 9.55 Å². The van der Waals surface area contributed by atoms with Gasteiger partial charge in [0.1, 0.15) is 5.82 Å². The summed E-state index contributed by atoms with van der Waals surface area (Å²) in [7, 11) is 2.04. The van der Waals surface area contributed by atoms with Gasteiger partial charge in [-0.2, -0.15) is 0 Å². The van der Waals surface area contributed by atoms with Gasteiger partial charge in [-0.05, 0) is 16.3 Å². The molecule has 17 heavy (non-hydrogen) atoms. The van der Waals surface area contributed by atoms with Crippen LogP contribution in [0.2, 0.25) is 0 Å². The molecular formula is C15H14N2. The number of benzene rings is 2. The van der Waals surface area contributed by atoms with Gasteiger partial charge in [0.25, 0.3) is 0 Å². The van der Waals surface area contributed by atoms with Crippen LogP contribution in [0.5, 0.6) is 0 Å². The van der Waals surface area contributed by atoms with E-state index in [1.54, 1.807) is 0 Å². The summed E-state index contributed by atoms with van der Waals surface area (Å²) >= 11 is 0. The minimum Gasteiger partial charge on any atom is -0.338 e. The molecule has 0 N–H and O–H groups in total. The average molecular weight is 222 g/mol. The zero-order valence-corrected chi connectivity index (χ0v) is 9.80. The number of hydrogen-bond acceptors (Lipinski definition) is 1. The van der Waals surface area contributed by atoms with Gasteiger partial charge in [-0.1, -0.05) is 42.5 Å². The molecule has 0 atom stereocenters. The number of fused-ring (bicyclic) bond motifs is 1. The summed E-state index contributed by atoms with van der Waals surface area (Å²) in [6, 6.07) is 14.9. The number of rotatable bonds is 2. The highest BCUT2D eigenvalue weighted by molar-refractivity contribution is 5.85. The Morgan fingerprint density at radius 1 is 1.06 bits per heavy atom. The number of nitrogens with zero attached hydrogens (tertiary/aromatic N) is 2. The zero-order chi connectivity index (χ0) is 11.7. The number of aryl methyl sites for hydroxylation is 1. The summed E-state index contributed by atoms with van der Waals surface area (Å²) in [5, 5.41) is 2.61. The lowest BCUT2D eigenvalue weighted by molar-refractivity contribution is 0.824. The predicted molar refractivity (Wildman–Crippen MR) is 70.0 cm³/mol. The van der Waals surface area contributed by atoms with E-state index in [2.05, 4.69) is 52.0 Å². The molecule has 0 aliphatic carbocycles. The van der Waals surface area contributed by atoms with Gasteiger partial charge in [0.15, 0.2) is 0 Å². The lowest BCUT2D eigenvalue weighted by Crippen LogP contribution is -1.98. The van der Waals surface area contributed by atoms with Crippen LogP contribution < -0.4 is 0 Å². The smallest absolute Gasteiger partial charge is 0.112 e. The third-order valence-corrected chi connectivity index (χ3v) is 3.15. The summed E-state index contributed by atoms with van der Waals surface area (Å²) in [5.41, 5.74) is 1.33. The van der Waals surface area contributed by atoms with Gasteiger partial charge in [0.2, 0.25) is 0 Å². The standard InChI is InChI=1S/C15H14N2/c1-17-10-9-16-15(17)11-13-7-4-6-12-5-2-3-8-14(12)13/h2-10H,11H2,1H3. The maximum absolute atomic E-state index is 4.38. The molecule has 0 aliphatic heterocycles. The molecule has 2 heteroatoms. The molecule has 0 saturated carbocycles. The van der Waals surface area contributed by atoms with Crippen molar-refractivity contribution in [3.05, 3.63) is 66.2 Å². The van der Waals surface area contributed by atoms with Crippen molar-refractivity contribution in [2.24, 2.45) is 7.05 Å². The van der Waals surface area contributed by atoms with E-state index in [4.69, 9.17) is 0 Å². The minimum absolute atomic E-state index is 0.880. The van der Waals surface area contributed by atoms with E-state index in [0.717, 1.165) is 12.2 Å². The highest BCUT2D eigenvalue weighted by Crippen LogP contribution is 2.20. The second-order valence-corrected chi connectivity index (χ2v) is 4.27. The second-order valence-electron chi connectivity index (χ2n) is 4.27. The first-order valence-corrected chi connectivity index (χ1v) is 5.77. The summed E-state index contributed by atoms with van der Waals surface area (Å²) in [6.07, 6.45) is 4.71. The van der Waals surface area contributed by atoms with E-state index < -0.39 is 0 Å². The van der Waals surface area contributed by atoms with E-state index in [1.165, 1.54) is 16.3 Å². The van der Waals surface area contributed by atoms with Gasteiger partial charge in [-0.15, -0.1) is 0 Å². The van der Waals surface area contributed by atoms with E-state index in [-0.39, 0.29) is 0 Å². The summed E-state index contributed by atoms with van der Waals surface area (Å²) in [6.45, 7) is 0. The van der Waals surface area contributed by atoms with Crippen molar-refractivity contribution < 1.29 is 0 Å². The molecule has 3 rings (SSSR count). The van der Waals surface area contributed by atoms with Crippen LogP contribution in [0, 0.1) is 0 Å². The molecule has 0 bridgehead atoms. The fraction of sp³-hybridized carbons (Fsp3) is 0.133. The first kappa shape index (κ1) is 10.1. The maximum Gasteiger partial charge on any atom is 0.112 e. The quantitative estimate of drug-likeness (QED) is 0.651. The van der Waals surface area contributed by atoms with E-state index in [1.807, 2.05) is 19.4 Å². The molecule has 0 amide bonds. The summed E-state index contributed by atoms with van der Waals surface area (Å²) < 4.78 is 2.07. The number of aromatic nitrogens is 2. The zero-order valence-electron chi connectivity index (χ0n) is 9.80. The first-order chi connectivity index (χ1) is 8.34. The SMILES string of the molecule is Cn1ccnc1Cc1cccc2ccccc12. The highest BCUT2D eigenvalue weighted by Gasteiger charge is 2.04. The lowest BCUT2D eigenvalue weighted by atomic mass is 10.0. The van der Waals surface area contributed by atoms with Crippen molar-refractivity contribution in [3.63, 3.8) is 0 Å². The number of hydrogen-bond donors (Lipinski definition) is 0. The summed E-state index contributed by atoms with van der Waals surface area (Å²) in [5.74, 6) is 1.10. The molecular weight excluding hydrogens is 208 g/mol. The Labute approximate surface area is 101 Å². The van der Waals surface area contributed by atoms with E-state index in [0.29, 0.717) is 0 Å². The van der Waals surface area contributed by atoms with Crippen molar-refractivity contribution in [2.45, 2.75) is 6.42 Å². The molecule has 2 aromatic carbocycles. The Hall–Kier alpha value is -2.09. The Balaban J connectivity index is 2.09. The van der Waals surface area contributed by atoms with Gasteiger partial charge < -0.3 is 4.57 Å². The van der Waals surface area contributed by atoms with Crippen LogP contribution in [0.4, 0.5) is 0 Å². The molecule has 0 radical (unpaired) electrons. The third kappa shape index (κ3) is 1.82. The van der Waals surface area contributed by atoms with Gasteiger partial charge in [-0.3, -0.25) is 0 Å². The van der Waals surface area contributed by atoms with Gasteiger partial charge >= 0.3 is 0 Å². The molecule has 84 valence electrons. The molecule has 1 aromatic heterocycles. The van der Waals surface area contributed by atoms with E-state index in [9.17, 15) is 0 Å². The predicted octanol–water partition coefficient (Wildman–Crippen LogP) is 3.16. The topological polar surface area (TPSA) is 17.8 Å². The lowest BCUT2D eigenvalue weighted by Gasteiger charge is -2.06. The molecule has 0 spiro atoms. The van der Waals surface area contributed by atoms with Crippen molar-refractivity contribution in [1.82, 2.24) is 9.55 Å². The Kier molecular flexibility index (Phi) is 2.41. The monoisotopic (exact) mass is 222 g/mol. The molecule has 2 nitrogen and oxygen atoms in total. The minimum atomic E-state index is 0.880. The van der Waals surface area contributed by atoms with Crippen molar-refractivity contribution in [2.75, 3.05) is 0 Å².